The Morgan fingerprint density at radius 2 is 2.21 bits per heavy atom. The lowest BCUT2D eigenvalue weighted by Crippen LogP contribution is -2.08. The molecular formula is C10H13Cl2NS. The summed E-state index contributed by atoms with van der Waals surface area (Å²) in [6.45, 7) is 2.15. The molecule has 1 aliphatic heterocycles. The molecule has 78 valence electrons. The zero-order valence-corrected chi connectivity index (χ0v) is 10.1. The molecule has 1 saturated heterocycles. The molecule has 1 aromatic rings. The van der Waals surface area contributed by atoms with E-state index in [4.69, 9.17) is 11.6 Å². The van der Waals surface area contributed by atoms with Gasteiger partial charge in [0.05, 0.1) is 0 Å². The Morgan fingerprint density at radius 1 is 1.43 bits per heavy atom. The minimum atomic E-state index is 0. The van der Waals surface area contributed by atoms with E-state index in [-0.39, 0.29) is 12.4 Å². The number of hydrogen-bond donors (Lipinski definition) is 2. The average molecular weight is 250 g/mol. The molecule has 0 radical (unpaired) electrons. The van der Waals surface area contributed by atoms with Crippen molar-refractivity contribution in [3.63, 3.8) is 0 Å². The maximum absolute atomic E-state index is 6.13. The summed E-state index contributed by atoms with van der Waals surface area (Å²) >= 11 is 10.4. The molecule has 14 heavy (non-hydrogen) atoms. The van der Waals surface area contributed by atoms with Crippen molar-refractivity contribution >= 4 is 36.6 Å². The molecule has 1 fully saturated rings. The van der Waals surface area contributed by atoms with Crippen molar-refractivity contribution in [2.75, 3.05) is 13.1 Å². The summed E-state index contributed by atoms with van der Waals surface area (Å²) in [5.74, 6) is 0.585. The number of rotatable bonds is 1. The van der Waals surface area contributed by atoms with Gasteiger partial charge in [-0.25, -0.2) is 0 Å². The van der Waals surface area contributed by atoms with Crippen molar-refractivity contribution in [1.82, 2.24) is 5.32 Å². The molecule has 0 aliphatic carbocycles. The molecule has 1 heterocycles. The normalized spacial score (nSPS) is 20.6. The highest BCUT2D eigenvalue weighted by Gasteiger charge is 2.18. The fraction of sp³-hybridized carbons (Fsp3) is 0.400. The van der Waals surface area contributed by atoms with Crippen LogP contribution >= 0.6 is 36.6 Å². The monoisotopic (exact) mass is 249 g/mol. The summed E-state index contributed by atoms with van der Waals surface area (Å²) in [6, 6.07) is 6.00. The SMILES string of the molecule is Cl.Sc1ccc(C2CCNC2)c(Cl)c1. The van der Waals surface area contributed by atoms with E-state index < -0.39 is 0 Å². The van der Waals surface area contributed by atoms with Gasteiger partial charge in [-0.3, -0.25) is 0 Å². The summed E-state index contributed by atoms with van der Waals surface area (Å²) < 4.78 is 0. The topological polar surface area (TPSA) is 12.0 Å². The highest BCUT2D eigenvalue weighted by Crippen LogP contribution is 2.30. The summed E-state index contributed by atoms with van der Waals surface area (Å²) in [5, 5.41) is 4.18. The Balaban J connectivity index is 0.000000980. The molecular weight excluding hydrogens is 237 g/mol. The third-order valence-corrected chi connectivity index (χ3v) is 3.09. The zero-order chi connectivity index (χ0) is 9.26. The highest BCUT2D eigenvalue weighted by molar-refractivity contribution is 7.80. The molecule has 1 aliphatic rings. The largest absolute Gasteiger partial charge is 0.316 e. The molecule has 0 amide bonds. The summed E-state index contributed by atoms with van der Waals surface area (Å²) in [7, 11) is 0. The van der Waals surface area contributed by atoms with Crippen LogP contribution in [0.3, 0.4) is 0 Å². The molecule has 1 unspecified atom stereocenters. The van der Waals surface area contributed by atoms with E-state index in [2.05, 4.69) is 24.0 Å². The summed E-state index contributed by atoms with van der Waals surface area (Å²) in [5.41, 5.74) is 1.25. The quantitative estimate of drug-likeness (QED) is 0.730. The van der Waals surface area contributed by atoms with E-state index >= 15 is 0 Å². The van der Waals surface area contributed by atoms with Crippen molar-refractivity contribution in [2.24, 2.45) is 0 Å². The Morgan fingerprint density at radius 3 is 2.79 bits per heavy atom. The van der Waals surface area contributed by atoms with Crippen LogP contribution in [0.15, 0.2) is 23.1 Å². The molecule has 4 heteroatoms. The molecule has 0 aromatic heterocycles. The Hall–Kier alpha value is 0.110. The smallest absolute Gasteiger partial charge is 0.0452 e. The lowest BCUT2D eigenvalue weighted by Gasteiger charge is -2.10. The predicted octanol–water partition coefficient (Wildman–Crippen LogP) is 3.13. The molecule has 0 spiro atoms. The molecule has 0 saturated carbocycles. The minimum Gasteiger partial charge on any atom is -0.316 e. The van der Waals surface area contributed by atoms with Gasteiger partial charge in [-0.2, -0.15) is 0 Å². The first kappa shape index (κ1) is 12.2. The van der Waals surface area contributed by atoms with Crippen LogP contribution in [0.5, 0.6) is 0 Å². The van der Waals surface area contributed by atoms with Crippen LogP contribution in [0.2, 0.25) is 5.02 Å². The summed E-state index contributed by atoms with van der Waals surface area (Å²) in [4.78, 5) is 0.930. The van der Waals surface area contributed by atoms with Crippen LogP contribution in [0.25, 0.3) is 0 Å². The fourth-order valence-electron chi connectivity index (χ4n) is 1.77. The number of benzene rings is 1. The first-order valence-electron chi connectivity index (χ1n) is 4.46. The predicted molar refractivity (Wildman–Crippen MR) is 66.2 cm³/mol. The molecule has 2 rings (SSSR count). The fourth-order valence-corrected chi connectivity index (χ4v) is 2.38. The van der Waals surface area contributed by atoms with Gasteiger partial charge in [0.15, 0.2) is 0 Å². The van der Waals surface area contributed by atoms with E-state index in [0.717, 1.165) is 23.0 Å². The van der Waals surface area contributed by atoms with E-state index in [1.807, 2.05) is 12.1 Å². The van der Waals surface area contributed by atoms with Crippen LogP contribution in [0, 0.1) is 0 Å². The molecule has 1 N–H and O–H groups in total. The molecule has 1 aromatic carbocycles. The van der Waals surface area contributed by atoms with Gasteiger partial charge in [0.25, 0.3) is 0 Å². The second-order valence-corrected chi connectivity index (χ2v) is 4.32. The Kier molecular flexibility index (Phi) is 4.58. The van der Waals surface area contributed by atoms with Gasteiger partial charge < -0.3 is 5.32 Å². The van der Waals surface area contributed by atoms with Crippen LogP contribution in [-0.2, 0) is 0 Å². The Labute approximate surface area is 101 Å². The lowest BCUT2D eigenvalue weighted by molar-refractivity contribution is 0.763. The van der Waals surface area contributed by atoms with Gasteiger partial charge >= 0.3 is 0 Å². The van der Waals surface area contributed by atoms with Gasteiger partial charge in [-0.15, -0.1) is 25.0 Å². The van der Waals surface area contributed by atoms with Crippen LogP contribution in [0.4, 0.5) is 0 Å². The van der Waals surface area contributed by atoms with Crippen LogP contribution in [-0.4, -0.2) is 13.1 Å². The summed E-state index contributed by atoms with van der Waals surface area (Å²) in [6.07, 6.45) is 1.19. The van der Waals surface area contributed by atoms with Gasteiger partial charge in [-0.1, -0.05) is 17.7 Å². The van der Waals surface area contributed by atoms with Crippen molar-refractivity contribution in [3.05, 3.63) is 28.8 Å². The van der Waals surface area contributed by atoms with Crippen molar-refractivity contribution in [1.29, 1.82) is 0 Å². The second kappa shape index (κ2) is 5.26. The zero-order valence-electron chi connectivity index (χ0n) is 7.66. The van der Waals surface area contributed by atoms with Gasteiger partial charge in [0.1, 0.15) is 0 Å². The minimum absolute atomic E-state index is 0. The lowest BCUT2D eigenvalue weighted by atomic mass is 9.98. The Bertz CT molecular complexity index is 311. The van der Waals surface area contributed by atoms with E-state index in [9.17, 15) is 0 Å². The highest BCUT2D eigenvalue weighted by atomic mass is 35.5. The maximum atomic E-state index is 6.13. The van der Waals surface area contributed by atoms with Gasteiger partial charge in [0.2, 0.25) is 0 Å². The van der Waals surface area contributed by atoms with E-state index in [1.54, 1.807) is 0 Å². The van der Waals surface area contributed by atoms with Crippen molar-refractivity contribution in [3.8, 4) is 0 Å². The maximum Gasteiger partial charge on any atom is 0.0452 e. The van der Waals surface area contributed by atoms with Crippen molar-refractivity contribution < 1.29 is 0 Å². The number of halogens is 2. The molecule has 0 bridgehead atoms. The third kappa shape index (κ3) is 2.57. The van der Waals surface area contributed by atoms with Gasteiger partial charge in [0, 0.05) is 16.5 Å². The van der Waals surface area contributed by atoms with E-state index in [0.29, 0.717) is 5.92 Å². The van der Waals surface area contributed by atoms with Crippen molar-refractivity contribution in [2.45, 2.75) is 17.2 Å². The first-order chi connectivity index (χ1) is 6.27. The van der Waals surface area contributed by atoms with Gasteiger partial charge in [-0.05, 0) is 36.6 Å². The standard InChI is InChI=1S/C10H12ClNS.ClH/c11-10-5-8(13)1-2-9(10)7-3-4-12-6-7;/h1-2,5,7,12-13H,3-4,6H2;1H. The second-order valence-electron chi connectivity index (χ2n) is 3.40. The van der Waals surface area contributed by atoms with Crippen LogP contribution in [0.1, 0.15) is 17.9 Å². The first-order valence-corrected chi connectivity index (χ1v) is 5.29. The number of hydrogen-bond acceptors (Lipinski definition) is 2. The van der Waals surface area contributed by atoms with E-state index in [1.165, 1.54) is 12.0 Å². The molecule has 1 atom stereocenters. The number of nitrogens with one attached hydrogen (secondary N) is 1. The van der Waals surface area contributed by atoms with Crippen LogP contribution < -0.4 is 5.32 Å². The third-order valence-electron chi connectivity index (χ3n) is 2.48. The molecule has 1 nitrogen and oxygen atoms in total. The average Bonchev–Trinajstić information content (AvgIpc) is 2.56. The number of thiol groups is 1.